The van der Waals surface area contributed by atoms with Crippen molar-refractivity contribution in [1.82, 2.24) is 9.88 Å². The van der Waals surface area contributed by atoms with Crippen LogP contribution in [0.25, 0.3) is 0 Å². The second kappa shape index (κ2) is 6.80. The monoisotopic (exact) mass is 344 g/mol. The van der Waals surface area contributed by atoms with Crippen molar-refractivity contribution in [2.45, 2.75) is 26.9 Å². The van der Waals surface area contributed by atoms with Crippen LogP contribution in [0, 0.1) is 19.7 Å². The van der Waals surface area contributed by atoms with Crippen molar-refractivity contribution in [2.75, 3.05) is 19.7 Å². The third kappa shape index (κ3) is 3.35. The molecule has 0 aliphatic carbocycles. The van der Waals surface area contributed by atoms with Gasteiger partial charge >= 0.3 is 0 Å². The minimum Gasteiger partial charge on any atom is -0.370 e. The number of benzene rings is 1. The summed E-state index contributed by atoms with van der Waals surface area (Å²) in [6.07, 6.45) is -0.287. The summed E-state index contributed by atoms with van der Waals surface area (Å²) in [5, 5.41) is 0. The number of H-pyrrole nitrogens is 1. The Morgan fingerprint density at radius 2 is 1.92 bits per heavy atom. The molecule has 1 amide bonds. The number of ketones is 1. The number of hydrogen-bond acceptors (Lipinski definition) is 3. The summed E-state index contributed by atoms with van der Waals surface area (Å²) in [6.45, 7) is 6.34. The molecule has 2 heterocycles. The van der Waals surface area contributed by atoms with Crippen LogP contribution in [0.15, 0.2) is 24.3 Å². The predicted octanol–water partition coefficient (Wildman–Crippen LogP) is 3.19. The van der Waals surface area contributed by atoms with Gasteiger partial charge in [0.2, 0.25) is 0 Å². The standard InChI is InChI=1S/C19H21FN2O3/c1-11-17(12(2)21-18(11)13(3)23)19(24)22-8-9-25-16(10-22)14-4-6-15(20)7-5-14/h4-7,16,21H,8-10H2,1-3H3/t16-/m1/s1. The Balaban J connectivity index is 1.83. The molecule has 0 bridgehead atoms. The lowest BCUT2D eigenvalue weighted by Crippen LogP contribution is -2.42. The molecule has 132 valence electrons. The van der Waals surface area contributed by atoms with E-state index in [2.05, 4.69) is 4.98 Å². The average Bonchev–Trinajstić information content (AvgIpc) is 2.90. The number of amides is 1. The van der Waals surface area contributed by atoms with Crippen LogP contribution in [0.3, 0.4) is 0 Å². The molecule has 1 aromatic heterocycles. The molecule has 1 aromatic carbocycles. The first-order valence-corrected chi connectivity index (χ1v) is 8.25. The average molecular weight is 344 g/mol. The Bertz CT molecular complexity index is 811. The molecule has 6 heteroatoms. The summed E-state index contributed by atoms with van der Waals surface area (Å²) in [4.78, 5) is 29.4. The second-order valence-electron chi connectivity index (χ2n) is 6.34. The van der Waals surface area contributed by atoms with Crippen molar-refractivity contribution in [2.24, 2.45) is 0 Å². The second-order valence-corrected chi connectivity index (χ2v) is 6.34. The summed E-state index contributed by atoms with van der Waals surface area (Å²) in [7, 11) is 0. The molecule has 1 aliphatic heterocycles. The van der Waals surface area contributed by atoms with Gasteiger partial charge in [0.1, 0.15) is 11.9 Å². The SMILES string of the molecule is CC(=O)c1[nH]c(C)c(C(=O)N2CCO[C@@H](c3ccc(F)cc3)C2)c1C. The highest BCUT2D eigenvalue weighted by Crippen LogP contribution is 2.26. The molecule has 1 fully saturated rings. The number of morpholine rings is 1. The van der Waals surface area contributed by atoms with Crippen LogP contribution < -0.4 is 0 Å². The fourth-order valence-electron chi connectivity index (χ4n) is 3.29. The first kappa shape index (κ1) is 17.4. The third-order valence-corrected chi connectivity index (χ3v) is 4.60. The fourth-order valence-corrected chi connectivity index (χ4v) is 3.29. The van der Waals surface area contributed by atoms with E-state index < -0.39 is 0 Å². The topological polar surface area (TPSA) is 62.4 Å². The molecule has 25 heavy (non-hydrogen) atoms. The maximum Gasteiger partial charge on any atom is 0.256 e. The molecular formula is C19H21FN2O3. The summed E-state index contributed by atoms with van der Waals surface area (Å²) in [6, 6.07) is 6.13. The Kier molecular flexibility index (Phi) is 4.72. The Hall–Kier alpha value is -2.47. The number of aromatic nitrogens is 1. The smallest absolute Gasteiger partial charge is 0.256 e. The number of nitrogens with zero attached hydrogens (tertiary/aromatic N) is 1. The van der Waals surface area contributed by atoms with Gasteiger partial charge < -0.3 is 14.6 Å². The van der Waals surface area contributed by atoms with E-state index in [1.165, 1.54) is 19.1 Å². The van der Waals surface area contributed by atoms with Gasteiger partial charge in [0.25, 0.3) is 5.91 Å². The van der Waals surface area contributed by atoms with Crippen molar-refractivity contribution < 1.29 is 18.7 Å². The van der Waals surface area contributed by atoms with Gasteiger partial charge in [0.15, 0.2) is 5.78 Å². The Morgan fingerprint density at radius 3 is 2.52 bits per heavy atom. The number of rotatable bonds is 3. The Morgan fingerprint density at radius 1 is 1.24 bits per heavy atom. The summed E-state index contributed by atoms with van der Waals surface area (Å²) >= 11 is 0. The van der Waals surface area contributed by atoms with Gasteiger partial charge in [-0.1, -0.05) is 12.1 Å². The minimum atomic E-state index is -0.303. The molecule has 0 spiro atoms. The number of aryl methyl sites for hydroxylation is 1. The summed E-state index contributed by atoms with van der Waals surface area (Å²) in [5.74, 6) is -0.511. The van der Waals surface area contributed by atoms with E-state index in [4.69, 9.17) is 4.74 Å². The van der Waals surface area contributed by atoms with Gasteiger partial charge in [-0.2, -0.15) is 0 Å². The zero-order valence-electron chi connectivity index (χ0n) is 14.6. The largest absolute Gasteiger partial charge is 0.370 e. The molecule has 3 rings (SSSR count). The molecule has 1 N–H and O–H groups in total. The van der Waals surface area contributed by atoms with E-state index in [0.717, 1.165) is 5.56 Å². The molecule has 5 nitrogen and oxygen atoms in total. The van der Waals surface area contributed by atoms with Crippen LogP contribution in [0.5, 0.6) is 0 Å². The van der Waals surface area contributed by atoms with Crippen molar-refractivity contribution in [1.29, 1.82) is 0 Å². The molecule has 0 saturated carbocycles. The van der Waals surface area contributed by atoms with Gasteiger partial charge in [-0.25, -0.2) is 4.39 Å². The van der Waals surface area contributed by atoms with E-state index >= 15 is 0 Å². The number of ether oxygens (including phenoxy) is 1. The third-order valence-electron chi connectivity index (χ3n) is 4.60. The number of Topliss-reactive ketones (excluding diaryl/α,β-unsaturated/α-hetero) is 1. The van der Waals surface area contributed by atoms with E-state index in [0.29, 0.717) is 42.2 Å². The molecule has 0 unspecified atom stereocenters. The number of carbonyl (C=O) groups is 2. The molecule has 1 aliphatic rings. The zero-order valence-corrected chi connectivity index (χ0v) is 14.6. The van der Waals surface area contributed by atoms with Crippen LogP contribution in [0.1, 0.15) is 50.7 Å². The van der Waals surface area contributed by atoms with E-state index in [1.54, 1.807) is 30.9 Å². The predicted molar refractivity (Wildman–Crippen MR) is 91.3 cm³/mol. The maximum absolute atomic E-state index is 13.1. The normalized spacial score (nSPS) is 17.6. The van der Waals surface area contributed by atoms with Crippen molar-refractivity contribution in [3.8, 4) is 0 Å². The Labute approximate surface area is 145 Å². The number of carbonyl (C=O) groups excluding carboxylic acids is 2. The lowest BCUT2D eigenvalue weighted by Gasteiger charge is -2.33. The highest BCUT2D eigenvalue weighted by Gasteiger charge is 2.29. The fraction of sp³-hybridized carbons (Fsp3) is 0.368. The first-order chi connectivity index (χ1) is 11.9. The number of hydrogen-bond donors (Lipinski definition) is 1. The zero-order chi connectivity index (χ0) is 18.1. The van der Waals surface area contributed by atoms with Crippen LogP contribution in [0.2, 0.25) is 0 Å². The highest BCUT2D eigenvalue weighted by atomic mass is 19.1. The van der Waals surface area contributed by atoms with Crippen molar-refractivity contribution in [3.05, 3.63) is 58.2 Å². The molecule has 1 atom stereocenters. The van der Waals surface area contributed by atoms with E-state index in [1.807, 2.05) is 0 Å². The lowest BCUT2D eigenvalue weighted by atomic mass is 10.0. The summed E-state index contributed by atoms with van der Waals surface area (Å²) < 4.78 is 18.8. The molecular weight excluding hydrogens is 323 g/mol. The van der Waals surface area contributed by atoms with Crippen LogP contribution in [-0.4, -0.2) is 41.3 Å². The quantitative estimate of drug-likeness (QED) is 0.870. The van der Waals surface area contributed by atoms with Crippen molar-refractivity contribution >= 4 is 11.7 Å². The van der Waals surface area contributed by atoms with E-state index in [-0.39, 0.29) is 23.6 Å². The maximum atomic E-state index is 13.1. The van der Waals surface area contributed by atoms with Gasteiger partial charge in [-0.15, -0.1) is 0 Å². The van der Waals surface area contributed by atoms with Gasteiger partial charge in [0, 0.05) is 19.2 Å². The van der Waals surface area contributed by atoms with Crippen LogP contribution in [0.4, 0.5) is 4.39 Å². The van der Waals surface area contributed by atoms with E-state index in [9.17, 15) is 14.0 Å². The van der Waals surface area contributed by atoms with Crippen molar-refractivity contribution in [3.63, 3.8) is 0 Å². The molecule has 1 saturated heterocycles. The number of aromatic amines is 1. The van der Waals surface area contributed by atoms with Crippen LogP contribution in [-0.2, 0) is 4.74 Å². The van der Waals surface area contributed by atoms with Gasteiger partial charge in [0.05, 0.1) is 24.4 Å². The molecule has 2 aromatic rings. The van der Waals surface area contributed by atoms with Crippen LogP contribution >= 0.6 is 0 Å². The minimum absolute atomic E-state index is 0.0918. The van der Waals surface area contributed by atoms with Gasteiger partial charge in [-0.3, -0.25) is 9.59 Å². The number of halogens is 1. The highest BCUT2D eigenvalue weighted by molar-refractivity contribution is 6.02. The summed E-state index contributed by atoms with van der Waals surface area (Å²) in [5.41, 5.74) is 3.23. The molecule has 0 radical (unpaired) electrons. The number of nitrogens with one attached hydrogen (secondary N) is 1. The first-order valence-electron chi connectivity index (χ1n) is 8.25. The lowest BCUT2D eigenvalue weighted by molar-refractivity contribution is -0.0228. The van der Waals surface area contributed by atoms with Gasteiger partial charge in [-0.05, 0) is 37.1 Å².